The first kappa shape index (κ1) is 13.5. The third-order valence-electron chi connectivity index (χ3n) is 2.51. The molecule has 0 N–H and O–H groups in total. The number of benzene rings is 2. The molecule has 0 amide bonds. The zero-order valence-corrected chi connectivity index (χ0v) is 12.2. The van der Waals surface area contributed by atoms with E-state index in [9.17, 15) is 9.18 Å². The van der Waals surface area contributed by atoms with Gasteiger partial charge in [0, 0.05) is 15.0 Å². The molecular weight excluding hydrogens is 366 g/mol. The average Bonchev–Trinajstić information content (AvgIpc) is 2.35. The highest BCUT2D eigenvalue weighted by Gasteiger charge is 2.12. The second-order valence-corrected chi connectivity index (χ2v) is 5.53. The van der Waals surface area contributed by atoms with Crippen molar-refractivity contribution in [2.24, 2.45) is 0 Å². The zero-order valence-electron chi connectivity index (χ0n) is 9.29. The number of halogens is 3. The van der Waals surface area contributed by atoms with Gasteiger partial charge in [0.2, 0.25) is 0 Å². The molecule has 2 aromatic carbocycles. The maximum atomic E-state index is 13.5. The van der Waals surface area contributed by atoms with E-state index in [0.717, 1.165) is 9.13 Å². The van der Waals surface area contributed by atoms with Crippen molar-refractivity contribution in [3.63, 3.8) is 0 Å². The normalized spacial score (nSPS) is 10.4. The molecule has 4 heteroatoms. The number of hydrogen-bond acceptors (Lipinski definition) is 1. The Labute approximate surface area is 123 Å². The number of Topliss-reactive ketones (excluding diaryl/α,β-unsaturated/α-hetero) is 1. The Morgan fingerprint density at radius 2 is 1.83 bits per heavy atom. The minimum atomic E-state index is -0.532. The molecule has 0 aromatic heterocycles. The van der Waals surface area contributed by atoms with Crippen LogP contribution in [-0.4, -0.2) is 5.78 Å². The summed E-state index contributed by atoms with van der Waals surface area (Å²) in [5, 5.41) is 0.363. The maximum absolute atomic E-state index is 13.5. The lowest BCUT2D eigenvalue weighted by Gasteiger charge is -2.04. The highest BCUT2D eigenvalue weighted by Crippen LogP contribution is 2.17. The van der Waals surface area contributed by atoms with Crippen molar-refractivity contribution in [1.82, 2.24) is 0 Å². The molecule has 2 aromatic rings. The number of rotatable bonds is 3. The Balaban J connectivity index is 2.21. The molecule has 0 aliphatic rings. The molecule has 0 aliphatic carbocycles. The van der Waals surface area contributed by atoms with Crippen LogP contribution in [0.5, 0.6) is 0 Å². The summed E-state index contributed by atoms with van der Waals surface area (Å²) in [6.07, 6.45) is 0.175. The number of ketones is 1. The molecule has 0 bridgehead atoms. The lowest BCUT2D eigenvalue weighted by Crippen LogP contribution is -2.06. The summed E-state index contributed by atoms with van der Waals surface area (Å²) < 4.78 is 14.6. The van der Waals surface area contributed by atoms with Gasteiger partial charge in [-0.2, -0.15) is 0 Å². The maximum Gasteiger partial charge on any atom is 0.170 e. The van der Waals surface area contributed by atoms with Crippen LogP contribution in [0.3, 0.4) is 0 Å². The molecule has 0 saturated heterocycles. The fraction of sp³-hybridized carbons (Fsp3) is 0.0714. The number of hydrogen-bond donors (Lipinski definition) is 0. The lowest BCUT2D eigenvalue weighted by molar-refractivity contribution is 0.0989. The molecular formula is C14H9ClFIO. The van der Waals surface area contributed by atoms with E-state index in [-0.39, 0.29) is 17.8 Å². The van der Waals surface area contributed by atoms with E-state index in [0.29, 0.717) is 5.02 Å². The SMILES string of the molecule is O=C(Cc1ccc(I)cc1)c1cc(Cl)ccc1F. The highest BCUT2D eigenvalue weighted by atomic mass is 127. The van der Waals surface area contributed by atoms with Crippen LogP contribution in [-0.2, 0) is 6.42 Å². The van der Waals surface area contributed by atoms with E-state index in [1.54, 1.807) is 0 Å². The van der Waals surface area contributed by atoms with Crippen molar-refractivity contribution >= 4 is 40.0 Å². The van der Waals surface area contributed by atoms with Gasteiger partial charge in [0.15, 0.2) is 5.78 Å². The summed E-state index contributed by atoms with van der Waals surface area (Å²) in [7, 11) is 0. The van der Waals surface area contributed by atoms with Crippen LogP contribution < -0.4 is 0 Å². The Morgan fingerprint density at radius 1 is 1.17 bits per heavy atom. The molecule has 2 rings (SSSR count). The second kappa shape index (κ2) is 5.80. The predicted molar refractivity (Wildman–Crippen MR) is 78.6 cm³/mol. The Morgan fingerprint density at radius 3 is 2.50 bits per heavy atom. The molecule has 0 spiro atoms. The Hall–Kier alpha value is -0.940. The van der Waals surface area contributed by atoms with Gasteiger partial charge in [0.1, 0.15) is 5.82 Å². The van der Waals surface area contributed by atoms with Crippen molar-refractivity contribution in [2.75, 3.05) is 0 Å². The Bertz CT molecular complexity index is 581. The van der Waals surface area contributed by atoms with E-state index in [4.69, 9.17) is 11.6 Å². The van der Waals surface area contributed by atoms with Crippen molar-refractivity contribution in [2.45, 2.75) is 6.42 Å². The molecule has 0 atom stereocenters. The fourth-order valence-corrected chi connectivity index (χ4v) is 2.13. The molecule has 92 valence electrons. The minimum absolute atomic E-state index is 0.0426. The largest absolute Gasteiger partial charge is 0.294 e. The minimum Gasteiger partial charge on any atom is -0.294 e. The van der Waals surface area contributed by atoms with Crippen LogP contribution in [0.4, 0.5) is 4.39 Å². The number of carbonyl (C=O) groups is 1. The van der Waals surface area contributed by atoms with E-state index in [1.807, 2.05) is 24.3 Å². The van der Waals surface area contributed by atoms with Crippen molar-refractivity contribution in [3.05, 3.63) is 68.0 Å². The molecule has 0 aliphatic heterocycles. The first-order valence-electron chi connectivity index (χ1n) is 5.29. The van der Waals surface area contributed by atoms with Gasteiger partial charge in [0.25, 0.3) is 0 Å². The first-order chi connectivity index (χ1) is 8.56. The van der Waals surface area contributed by atoms with Crippen LogP contribution in [0.15, 0.2) is 42.5 Å². The highest BCUT2D eigenvalue weighted by molar-refractivity contribution is 14.1. The van der Waals surface area contributed by atoms with Gasteiger partial charge in [-0.3, -0.25) is 4.79 Å². The summed E-state index contributed by atoms with van der Waals surface area (Å²) >= 11 is 7.95. The third kappa shape index (κ3) is 3.29. The van der Waals surface area contributed by atoms with Gasteiger partial charge >= 0.3 is 0 Å². The van der Waals surface area contributed by atoms with Crippen molar-refractivity contribution < 1.29 is 9.18 Å². The van der Waals surface area contributed by atoms with Crippen molar-refractivity contribution in [3.8, 4) is 0 Å². The standard InChI is InChI=1S/C14H9ClFIO/c15-10-3-6-13(16)12(8-10)14(18)7-9-1-4-11(17)5-2-9/h1-6,8H,7H2. The molecule has 1 nitrogen and oxygen atoms in total. The second-order valence-electron chi connectivity index (χ2n) is 3.85. The average molecular weight is 375 g/mol. The van der Waals surface area contributed by atoms with E-state index < -0.39 is 5.82 Å². The molecule has 0 saturated carbocycles. The van der Waals surface area contributed by atoms with E-state index in [2.05, 4.69) is 22.6 Å². The quantitative estimate of drug-likeness (QED) is 0.571. The van der Waals surface area contributed by atoms with Crippen LogP contribution in [0, 0.1) is 9.39 Å². The summed E-state index contributed by atoms with van der Waals surface area (Å²) in [4.78, 5) is 12.0. The molecule has 0 unspecified atom stereocenters. The smallest absolute Gasteiger partial charge is 0.170 e. The molecule has 18 heavy (non-hydrogen) atoms. The molecule has 0 heterocycles. The third-order valence-corrected chi connectivity index (χ3v) is 3.46. The van der Waals surface area contributed by atoms with Gasteiger partial charge < -0.3 is 0 Å². The van der Waals surface area contributed by atoms with E-state index >= 15 is 0 Å². The zero-order chi connectivity index (χ0) is 13.1. The molecule has 0 fully saturated rings. The van der Waals surface area contributed by atoms with Crippen LogP contribution in [0.25, 0.3) is 0 Å². The van der Waals surface area contributed by atoms with Gasteiger partial charge in [-0.25, -0.2) is 4.39 Å². The number of carbonyl (C=O) groups excluding carboxylic acids is 1. The predicted octanol–water partition coefficient (Wildman–Crippen LogP) is 4.51. The monoisotopic (exact) mass is 374 g/mol. The van der Waals surface area contributed by atoms with Crippen LogP contribution in [0.2, 0.25) is 5.02 Å². The van der Waals surface area contributed by atoms with Gasteiger partial charge in [-0.1, -0.05) is 23.7 Å². The summed E-state index contributed by atoms with van der Waals surface area (Å²) in [6.45, 7) is 0. The van der Waals surface area contributed by atoms with Gasteiger partial charge in [0.05, 0.1) is 5.56 Å². The summed E-state index contributed by atoms with van der Waals surface area (Å²) in [5.41, 5.74) is 0.904. The summed E-state index contributed by atoms with van der Waals surface area (Å²) in [5.74, 6) is -0.800. The van der Waals surface area contributed by atoms with Crippen LogP contribution in [0.1, 0.15) is 15.9 Å². The first-order valence-corrected chi connectivity index (χ1v) is 6.74. The van der Waals surface area contributed by atoms with E-state index in [1.165, 1.54) is 18.2 Å². The van der Waals surface area contributed by atoms with Crippen molar-refractivity contribution in [1.29, 1.82) is 0 Å². The Kier molecular flexibility index (Phi) is 4.35. The topological polar surface area (TPSA) is 17.1 Å². The van der Waals surface area contributed by atoms with Gasteiger partial charge in [-0.05, 0) is 58.5 Å². The van der Waals surface area contributed by atoms with Gasteiger partial charge in [-0.15, -0.1) is 0 Å². The summed E-state index contributed by atoms with van der Waals surface area (Å²) in [6, 6.07) is 11.6. The van der Waals surface area contributed by atoms with Crippen LogP contribution >= 0.6 is 34.2 Å². The molecule has 0 radical (unpaired) electrons. The lowest BCUT2D eigenvalue weighted by atomic mass is 10.0. The fourth-order valence-electron chi connectivity index (χ4n) is 1.59.